The van der Waals surface area contributed by atoms with Crippen molar-refractivity contribution in [3.05, 3.63) is 22.3 Å². The van der Waals surface area contributed by atoms with Crippen LogP contribution in [0, 0.1) is 0 Å². The number of hydrogen-bond acceptors (Lipinski definition) is 4. The van der Waals surface area contributed by atoms with E-state index in [2.05, 4.69) is 20.1 Å². The van der Waals surface area contributed by atoms with E-state index < -0.39 is 0 Å². The van der Waals surface area contributed by atoms with Gasteiger partial charge in [-0.2, -0.15) is 0 Å². The molecule has 0 aliphatic carbocycles. The van der Waals surface area contributed by atoms with E-state index in [1.165, 1.54) is 6.42 Å². The summed E-state index contributed by atoms with van der Waals surface area (Å²) in [6, 6.07) is 2.47. The molecule has 1 N–H and O–H groups in total. The molecule has 1 aromatic heterocycles. The van der Waals surface area contributed by atoms with Crippen LogP contribution < -0.4 is 10.2 Å². The van der Waals surface area contributed by atoms with Gasteiger partial charge in [-0.15, -0.1) is 0 Å². The Labute approximate surface area is 123 Å². The zero-order valence-electron chi connectivity index (χ0n) is 10.8. The summed E-state index contributed by atoms with van der Waals surface area (Å²) in [5.41, 5.74) is 0. The summed E-state index contributed by atoms with van der Waals surface area (Å²) in [6.07, 6.45) is 2.93. The molecular formula is C13H18Cl2N4. The average Bonchev–Trinajstić information content (AvgIpc) is 2.93. The highest BCUT2D eigenvalue weighted by Crippen LogP contribution is 2.27. The van der Waals surface area contributed by atoms with Gasteiger partial charge in [-0.1, -0.05) is 23.2 Å². The number of nitrogens with zero attached hydrogens (tertiary/aromatic N) is 3. The number of hydrogen-bond donors (Lipinski definition) is 1. The summed E-state index contributed by atoms with van der Waals surface area (Å²) in [6.45, 7) is 6.38. The molecule has 2 aliphatic heterocycles. The van der Waals surface area contributed by atoms with Crippen LogP contribution >= 0.6 is 23.2 Å². The van der Waals surface area contributed by atoms with E-state index in [0.29, 0.717) is 16.1 Å². The quantitative estimate of drug-likeness (QED) is 0.904. The van der Waals surface area contributed by atoms with Crippen molar-refractivity contribution in [2.24, 2.45) is 0 Å². The zero-order valence-corrected chi connectivity index (χ0v) is 12.3. The number of pyridine rings is 1. The predicted molar refractivity (Wildman–Crippen MR) is 79.3 cm³/mol. The molecular weight excluding hydrogens is 283 g/mol. The van der Waals surface area contributed by atoms with Crippen molar-refractivity contribution in [2.75, 3.05) is 44.2 Å². The van der Waals surface area contributed by atoms with E-state index in [4.69, 9.17) is 23.2 Å². The molecule has 0 spiro atoms. The van der Waals surface area contributed by atoms with Crippen molar-refractivity contribution in [2.45, 2.75) is 12.5 Å². The maximum absolute atomic E-state index is 6.21. The van der Waals surface area contributed by atoms with Crippen molar-refractivity contribution in [1.82, 2.24) is 15.2 Å². The van der Waals surface area contributed by atoms with Crippen molar-refractivity contribution in [3.8, 4) is 0 Å². The second-order valence-corrected chi connectivity index (χ2v) is 5.97. The van der Waals surface area contributed by atoms with Gasteiger partial charge in [0.2, 0.25) is 0 Å². The Hall–Kier alpha value is -0.550. The number of halogens is 2. The highest BCUT2D eigenvalue weighted by molar-refractivity contribution is 6.36. The van der Waals surface area contributed by atoms with Crippen molar-refractivity contribution in [1.29, 1.82) is 0 Å². The van der Waals surface area contributed by atoms with E-state index >= 15 is 0 Å². The summed E-state index contributed by atoms with van der Waals surface area (Å²) in [5.74, 6) is 0.857. The molecule has 19 heavy (non-hydrogen) atoms. The number of aromatic nitrogens is 1. The van der Waals surface area contributed by atoms with Gasteiger partial charge in [0, 0.05) is 45.0 Å². The topological polar surface area (TPSA) is 31.4 Å². The Morgan fingerprint density at radius 1 is 1.21 bits per heavy atom. The first-order chi connectivity index (χ1) is 9.24. The van der Waals surface area contributed by atoms with Gasteiger partial charge in [0.05, 0.1) is 10.0 Å². The van der Waals surface area contributed by atoms with Crippen LogP contribution in [0.1, 0.15) is 6.42 Å². The Balaban J connectivity index is 1.63. The highest BCUT2D eigenvalue weighted by atomic mass is 35.5. The first-order valence-electron chi connectivity index (χ1n) is 6.75. The third-order valence-electron chi connectivity index (χ3n) is 3.95. The zero-order chi connectivity index (χ0) is 13.2. The summed E-state index contributed by atoms with van der Waals surface area (Å²) in [7, 11) is 0. The number of anilines is 1. The fourth-order valence-electron chi connectivity index (χ4n) is 2.89. The lowest BCUT2D eigenvalue weighted by molar-refractivity contribution is 0.196. The molecule has 6 heteroatoms. The minimum Gasteiger partial charge on any atom is -0.353 e. The van der Waals surface area contributed by atoms with Gasteiger partial charge < -0.3 is 10.2 Å². The molecule has 2 saturated heterocycles. The Bertz CT molecular complexity index is 440. The average molecular weight is 301 g/mol. The van der Waals surface area contributed by atoms with Gasteiger partial charge >= 0.3 is 0 Å². The van der Waals surface area contributed by atoms with Gasteiger partial charge in [0.15, 0.2) is 0 Å². The van der Waals surface area contributed by atoms with Crippen LogP contribution in [-0.2, 0) is 0 Å². The third-order valence-corrected chi connectivity index (χ3v) is 4.44. The molecule has 1 aromatic rings. The van der Waals surface area contributed by atoms with Gasteiger partial charge in [0.25, 0.3) is 0 Å². The largest absolute Gasteiger partial charge is 0.353 e. The van der Waals surface area contributed by atoms with Crippen molar-refractivity contribution >= 4 is 29.0 Å². The molecule has 0 saturated carbocycles. The van der Waals surface area contributed by atoms with Crippen LogP contribution in [0.4, 0.5) is 5.82 Å². The highest BCUT2D eigenvalue weighted by Gasteiger charge is 2.27. The summed E-state index contributed by atoms with van der Waals surface area (Å²) >= 11 is 12.1. The first kappa shape index (κ1) is 13.4. The summed E-state index contributed by atoms with van der Waals surface area (Å²) in [5, 5.41) is 4.65. The van der Waals surface area contributed by atoms with Crippen molar-refractivity contribution < 1.29 is 0 Å². The number of rotatable bonds is 2. The SMILES string of the molecule is Clc1cnc(N2CCN(C3CCNC3)CC2)c(Cl)c1. The van der Waals surface area contributed by atoms with Crippen LogP contribution in [0.3, 0.4) is 0 Å². The summed E-state index contributed by atoms with van der Waals surface area (Å²) in [4.78, 5) is 9.17. The minimum atomic E-state index is 0.587. The molecule has 4 nitrogen and oxygen atoms in total. The molecule has 2 aliphatic rings. The fourth-order valence-corrected chi connectivity index (χ4v) is 3.39. The van der Waals surface area contributed by atoms with E-state index in [-0.39, 0.29) is 0 Å². The Kier molecular flexibility index (Phi) is 4.12. The lowest BCUT2D eigenvalue weighted by Gasteiger charge is -2.38. The molecule has 3 heterocycles. The second-order valence-electron chi connectivity index (χ2n) is 5.13. The van der Waals surface area contributed by atoms with E-state index in [1.807, 2.05) is 0 Å². The van der Waals surface area contributed by atoms with Crippen molar-refractivity contribution in [3.63, 3.8) is 0 Å². The molecule has 0 bridgehead atoms. The van der Waals surface area contributed by atoms with Crippen LogP contribution in [0.5, 0.6) is 0 Å². The Morgan fingerprint density at radius 3 is 2.63 bits per heavy atom. The monoisotopic (exact) mass is 300 g/mol. The van der Waals surface area contributed by atoms with Crippen LogP contribution in [0.2, 0.25) is 10.0 Å². The van der Waals surface area contributed by atoms with Crippen LogP contribution in [0.15, 0.2) is 12.3 Å². The molecule has 1 atom stereocenters. The molecule has 3 rings (SSSR count). The molecule has 0 radical (unpaired) electrons. The third kappa shape index (κ3) is 2.97. The number of nitrogens with one attached hydrogen (secondary N) is 1. The smallest absolute Gasteiger partial charge is 0.147 e. The van der Waals surface area contributed by atoms with Gasteiger partial charge in [-0.05, 0) is 19.0 Å². The van der Waals surface area contributed by atoms with Crippen LogP contribution in [0.25, 0.3) is 0 Å². The fraction of sp³-hybridized carbons (Fsp3) is 0.615. The molecule has 1 unspecified atom stereocenters. The van der Waals surface area contributed by atoms with E-state index in [0.717, 1.165) is 45.1 Å². The second kappa shape index (κ2) is 5.83. The minimum absolute atomic E-state index is 0.587. The maximum Gasteiger partial charge on any atom is 0.147 e. The molecule has 2 fully saturated rings. The molecule has 0 amide bonds. The predicted octanol–water partition coefficient (Wildman–Crippen LogP) is 1.87. The lowest BCUT2D eigenvalue weighted by Crippen LogP contribution is -2.51. The van der Waals surface area contributed by atoms with Crippen LogP contribution in [-0.4, -0.2) is 55.2 Å². The van der Waals surface area contributed by atoms with Gasteiger partial charge in [-0.25, -0.2) is 4.98 Å². The van der Waals surface area contributed by atoms with E-state index in [9.17, 15) is 0 Å². The lowest BCUT2D eigenvalue weighted by atomic mass is 10.2. The maximum atomic E-state index is 6.21. The van der Waals surface area contributed by atoms with Gasteiger partial charge in [0.1, 0.15) is 5.82 Å². The standard InChI is InChI=1S/C13H18Cl2N4/c14-10-7-12(15)13(17-8-10)19-5-3-18(4-6-19)11-1-2-16-9-11/h7-8,11,16H,1-6,9H2. The first-order valence-corrected chi connectivity index (χ1v) is 7.50. The van der Waals surface area contributed by atoms with E-state index in [1.54, 1.807) is 12.3 Å². The number of piperazine rings is 1. The Morgan fingerprint density at radius 2 is 2.00 bits per heavy atom. The molecule has 104 valence electrons. The van der Waals surface area contributed by atoms with Gasteiger partial charge in [-0.3, -0.25) is 4.90 Å². The summed E-state index contributed by atoms with van der Waals surface area (Å²) < 4.78 is 0. The normalized spacial score (nSPS) is 24.9. The molecule has 0 aromatic carbocycles.